The number of benzene rings is 1. The van der Waals surface area contributed by atoms with Crippen molar-refractivity contribution in [3.05, 3.63) is 40.6 Å². The van der Waals surface area contributed by atoms with Crippen molar-refractivity contribution in [2.45, 2.75) is 0 Å². The van der Waals surface area contributed by atoms with Crippen molar-refractivity contribution >= 4 is 33.9 Å². The summed E-state index contributed by atoms with van der Waals surface area (Å²) in [5.74, 6) is 1.50. The van der Waals surface area contributed by atoms with E-state index in [0.717, 1.165) is 0 Å². The molecule has 0 spiro atoms. The lowest BCUT2D eigenvalue weighted by Crippen LogP contribution is -2.07. The van der Waals surface area contributed by atoms with Gasteiger partial charge in [-0.3, -0.25) is 10.1 Å². The fourth-order valence-electron chi connectivity index (χ4n) is 2.32. The number of hydrogen-bond acceptors (Lipinski definition) is 8. The normalized spacial score (nSPS) is 10.9. The Balaban J connectivity index is 1.71. The van der Waals surface area contributed by atoms with Gasteiger partial charge in [0.05, 0.1) is 21.3 Å². The molecule has 0 atom stereocenters. The monoisotopic (exact) mass is 449 g/mol. The van der Waals surface area contributed by atoms with Gasteiger partial charge in [-0.25, -0.2) is 0 Å². The maximum Gasteiger partial charge on any atom is 0.322 e. The Kier molecular flexibility index (Phi) is 5.99. The number of nitrogens with zero attached hydrogens (tertiary/aromatic N) is 2. The SMILES string of the molecule is COc1cc(/C=C/C(=O)Nc2nnc(-c3ccc(Br)o3)o2)cc(OC)c1OC. The first-order valence-corrected chi connectivity index (χ1v) is 8.71. The molecule has 0 bridgehead atoms. The molecule has 1 amide bonds. The number of aromatic nitrogens is 2. The molecule has 0 aliphatic heterocycles. The number of hydrogen-bond donors (Lipinski definition) is 1. The van der Waals surface area contributed by atoms with Crippen LogP contribution in [-0.2, 0) is 4.79 Å². The largest absolute Gasteiger partial charge is 0.493 e. The molecule has 146 valence electrons. The second-order valence-corrected chi connectivity index (χ2v) is 6.08. The number of ether oxygens (including phenoxy) is 3. The number of amides is 1. The highest BCUT2D eigenvalue weighted by molar-refractivity contribution is 9.10. The molecule has 3 aromatic rings. The molecule has 0 saturated heterocycles. The number of carbonyl (C=O) groups excluding carboxylic acids is 1. The Bertz CT molecular complexity index is 985. The fourth-order valence-corrected chi connectivity index (χ4v) is 2.63. The molecule has 0 aliphatic carbocycles. The van der Waals surface area contributed by atoms with Crippen molar-refractivity contribution < 1.29 is 27.8 Å². The molecule has 0 aliphatic rings. The second-order valence-electron chi connectivity index (χ2n) is 5.30. The van der Waals surface area contributed by atoms with E-state index in [0.29, 0.717) is 33.2 Å². The summed E-state index contributed by atoms with van der Waals surface area (Å²) >= 11 is 3.19. The zero-order chi connectivity index (χ0) is 20.1. The minimum atomic E-state index is -0.454. The first kappa shape index (κ1) is 19.5. The van der Waals surface area contributed by atoms with Crippen LogP contribution in [0.4, 0.5) is 6.01 Å². The van der Waals surface area contributed by atoms with Gasteiger partial charge >= 0.3 is 6.01 Å². The van der Waals surface area contributed by atoms with Crippen LogP contribution >= 0.6 is 15.9 Å². The van der Waals surface area contributed by atoms with Gasteiger partial charge in [0.2, 0.25) is 5.75 Å². The lowest BCUT2D eigenvalue weighted by atomic mass is 10.1. The molecule has 9 nitrogen and oxygen atoms in total. The van der Waals surface area contributed by atoms with Crippen LogP contribution in [0.2, 0.25) is 0 Å². The van der Waals surface area contributed by atoms with Crippen molar-refractivity contribution in [1.82, 2.24) is 10.2 Å². The summed E-state index contributed by atoms with van der Waals surface area (Å²) in [6.45, 7) is 0. The minimum absolute atomic E-state index is 0.0536. The molecular formula is C18H16BrN3O6. The van der Waals surface area contributed by atoms with Gasteiger partial charge in [-0.15, -0.1) is 5.10 Å². The number of rotatable bonds is 7. The molecule has 3 rings (SSSR count). The van der Waals surface area contributed by atoms with E-state index in [4.69, 9.17) is 23.0 Å². The third-order valence-electron chi connectivity index (χ3n) is 3.55. The average molecular weight is 450 g/mol. The van der Waals surface area contributed by atoms with Gasteiger partial charge in [-0.2, -0.15) is 0 Å². The van der Waals surface area contributed by atoms with E-state index in [1.165, 1.54) is 27.4 Å². The van der Waals surface area contributed by atoms with Crippen molar-refractivity contribution in [2.24, 2.45) is 0 Å². The third-order valence-corrected chi connectivity index (χ3v) is 3.98. The molecule has 0 fully saturated rings. The van der Waals surface area contributed by atoms with E-state index in [1.54, 1.807) is 30.3 Å². The molecule has 1 N–H and O–H groups in total. The third kappa shape index (κ3) is 4.34. The lowest BCUT2D eigenvalue weighted by Gasteiger charge is -2.12. The first-order chi connectivity index (χ1) is 13.5. The standard InChI is InChI=1S/C18H16BrN3O6/c1-24-12-8-10(9-13(25-2)16(12)26-3)4-7-15(23)20-18-22-21-17(28-18)11-5-6-14(19)27-11/h4-9H,1-3H3,(H,20,22,23)/b7-4+. The number of furan rings is 1. The highest BCUT2D eigenvalue weighted by Crippen LogP contribution is 2.38. The van der Waals surface area contributed by atoms with Gasteiger partial charge in [-0.05, 0) is 51.8 Å². The zero-order valence-electron chi connectivity index (χ0n) is 15.2. The number of methoxy groups -OCH3 is 3. The van der Waals surface area contributed by atoms with Crippen LogP contribution in [0.25, 0.3) is 17.7 Å². The zero-order valence-corrected chi connectivity index (χ0v) is 16.8. The van der Waals surface area contributed by atoms with Crippen molar-refractivity contribution in [3.8, 4) is 28.9 Å². The highest BCUT2D eigenvalue weighted by atomic mass is 79.9. The molecule has 2 heterocycles. The van der Waals surface area contributed by atoms with Gasteiger partial charge in [0, 0.05) is 6.08 Å². The second kappa shape index (κ2) is 8.61. The number of nitrogens with one attached hydrogen (secondary N) is 1. The van der Waals surface area contributed by atoms with Gasteiger partial charge in [-0.1, -0.05) is 5.10 Å². The number of halogens is 1. The van der Waals surface area contributed by atoms with Gasteiger partial charge in [0.1, 0.15) is 0 Å². The Morgan fingerprint density at radius 1 is 1.07 bits per heavy atom. The predicted octanol–water partition coefficient (Wildman–Crippen LogP) is 3.77. The maximum atomic E-state index is 12.1. The van der Waals surface area contributed by atoms with Crippen LogP contribution in [0.3, 0.4) is 0 Å². The average Bonchev–Trinajstić information content (AvgIpc) is 3.34. The first-order valence-electron chi connectivity index (χ1n) is 7.92. The Morgan fingerprint density at radius 2 is 1.79 bits per heavy atom. The van der Waals surface area contributed by atoms with E-state index < -0.39 is 5.91 Å². The smallest absolute Gasteiger partial charge is 0.322 e. The van der Waals surface area contributed by atoms with Gasteiger partial charge in [0.15, 0.2) is 21.9 Å². The van der Waals surface area contributed by atoms with Crippen molar-refractivity contribution in [2.75, 3.05) is 26.6 Å². The predicted molar refractivity (Wildman–Crippen MR) is 103 cm³/mol. The van der Waals surface area contributed by atoms with Gasteiger partial charge in [0.25, 0.3) is 11.8 Å². The Hall–Kier alpha value is -3.27. The molecule has 10 heteroatoms. The Morgan fingerprint density at radius 3 is 2.36 bits per heavy atom. The van der Waals surface area contributed by atoms with Gasteiger partial charge < -0.3 is 23.0 Å². The van der Waals surface area contributed by atoms with E-state index in [2.05, 4.69) is 31.4 Å². The quantitative estimate of drug-likeness (QED) is 0.542. The summed E-state index contributed by atoms with van der Waals surface area (Å²) in [6, 6.07) is 6.73. The Labute approximate surface area is 168 Å². The lowest BCUT2D eigenvalue weighted by molar-refractivity contribution is -0.112. The van der Waals surface area contributed by atoms with Crippen LogP contribution in [0.5, 0.6) is 17.2 Å². The number of carbonyl (C=O) groups is 1. The molecule has 2 aromatic heterocycles. The van der Waals surface area contributed by atoms with E-state index in [9.17, 15) is 4.79 Å². The summed E-state index contributed by atoms with van der Waals surface area (Å²) < 4.78 is 27.0. The highest BCUT2D eigenvalue weighted by Gasteiger charge is 2.14. The van der Waals surface area contributed by atoms with E-state index >= 15 is 0 Å². The molecule has 1 aromatic carbocycles. The summed E-state index contributed by atoms with van der Waals surface area (Å²) in [7, 11) is 4.55. The minimum Gasteiger partial charge on any atom is -0.493 e. The van der Waals surface area contributed by atoms with E-state index in [-0.39, 0.29) is 11.9 Å². The van der Waals surface area contributed by atoms with Crippen LogP contribution in [0, 0.1) is 0 Å². The van der Waals surface area contributed by atoms with Crippen LogP contribution < -0.4 is 19.5 Å². The van der Waals surface area contributed by atoms with Crippen LogP contribution in [0.15, 0.2) is 43.8 Å². The number of anilines is 1. The summed E-state index contributed by atoms with van der Waals surface area (Å²) in [6.07, 6.45) is 2.90. The topological polar surface area (TPSA) is 109 Å². The van der Waals surface area contributed by atoms with Crippen LogP contribution in [-0.4, -0.2) is 37.4 Å². The summed E-state index contributed by atoms with van der Waals surface area (Å²) in [5.41, 5.74) is 0.677. The van der Waals surface area contributed by atoms with Crippen LogP contribution in [0.1, 0.15) is 5.56 Å². The van der Waals surface area contributed by atoms with E-state index in [1.807, 2.05) is 0 Å². The maximum absolute atomic E-state index is 12.1. The molecule has 0 saturated carbocycles. The molecule has 28 heavy (non-hydrogen) atoms. The summed E-state index contributed by atoms with van der Waals surface area (Å²) in [4.78, 5) is 12.1. The molecule has 0 unspecified atom stereocenters. The molecular weight excluding hydrogens is 434 g/mol. The fraction of sp³-hybridized carbons (Fsp3) is 0.167. The molecule has 0 radical (unpaired) electrons. The van der Waals surface area contributed by atoms with Crippen molar-refractivity contribution in [3.63, 3.8) is 0 Å². The van der Waals surface area contributed by atoms with Crippen molar-refractivity contribution in [1.29, 1.82) is 0 Å². The summed E-state index contributed by atoms with van der Waals surface area (Å²) in [5, 5.41) is 10.1.